The molecule has 0 aliphatic carbocycles. The van der Waals surface area contributed by atoms with Gasteiger partial charge in [-0.2, -0.15) is 0 Å². The Kier molecular flexibility index (Phi) is 5.26. The highest BCUT2D eigenvalue weighted by molar-refractivity contribution is 5.55. The molecular formula is C17H28N2. The molecule has 106 valence electrons. The Morgan fingerprint density at radius 3 is 2.79 bits per heavy atom. The van der Waals surface area contributed by atoms with Crippen molar-refractivity contribution in [3.05, 3.63) is 29.8 Å². The molecule has 0 bridgehead atoms. The summed E-state index contributed by atoms with van der Waals surface area (Å²) in [7, 11) is 0. The lowest BCUT2D eigenvalue weighted by molar-refractivity contribution is 0.423. The molecule has 2 unspecified atom stereocenters. The van der Waals surface area contributed by atoms with Crippen molar-refractivity contribution in [1.29, 1.82) is 0 Å². The fourth-order valence-electron chi connectivity index (χ4n) is 2.99. The van der Waals surface area contributed by atoms with E-state index in [1.165, 1.54) is 37.1 Å². The third-order valence-corrected chi connectivity index (χ3v) is 4.43. The van der Waals surface area contributed by atoms with Gasteiger partial charge in [0.1, 0.15) is 0 Å². The van der Waals surface area contributed by atoms with Crippen LogP contribution in [0.25, 0.3) is 0 Å². The van der Waals surface area contributed by atoms with Gasteiger partial charge in [0.2, 0.25) is 0 Å². The van der Waals surface area contributed by atoms with Crippen LogP contribution in [0.4, 0.5) is 5.69 Å². The van der Waals surface area contributed by atoms with Gasteiger partial charge in [-0.05, 0) is 56.8 Å². The number of aryl methyl sites for hydroxylation is 1. The van der Waals surface area contributed by atoms with E-state index in [-0.39, 0.29) is 0 Å². The third kappa shape index (κ3) is 3.50. The van der Waals surface area contributed by atoms with Gasteiger partial charge in [-0.3, -0.25) is 0 Å². The zero-order valence-corrected chi connectivity index (χ0v) is 12.7. The number of nitrogens with one attached hydrogen (secondary N) is 1. The van der Waals surface area contributed by atoms with Crippen LogP contribution < -0.4 is 10.2 Å². The second-order valence-corrected chi connectivity index (χ2v) is 5.80. The zero-order valence-electron chi connectivity index (χ0n) is 12.7. The van der Waals surface area contributed by atoms with Gasteiger partial charge in [0.25, 0.3) is 0 Å². The van der Waals surface area contributed by atoms with Crippen LogP contribution in [0.3, 0.4) is 0 Å². The maximum atomic E-state index is 3.48. The molecule has 0 aromatic heterocycles. The number of hydrogen-bond acceptors (Lipinski definition) is 2. The van der Waals surface area contributed by atoms with E-state index in [1.807, 2.05) is 0 Å². The van der Waals surface area contributed by atoms with Crippen molar-refractivity contribution >= 4 is 5.69 Å². The molecule has 19 heavy (non-hydrogen) atoms. The topological polar surface area (TPSA) is 15.3 Å². The van der Waals surface area contributed by atoms with Gasteiger partial charge in [0, 0.05) is 18.3 Å². The van der Waals surface area contributed by atoms with Crippen molar-refractivity contribution < 1.29 is 0 Å². The highest BCUT2D eigenvalue weighted by atomic mass is 15.2. The summed E-state index contributed by atoms with van der Waals surface area (Å²) in [6.45, 7) is 10.3. The predicted molar refractivity (Wildman–Crippen MR) is 83.9 cm³/mol. The normalized spacial score (nSPS) is 18.6. The van der Waals surface area contributed by atoms with Crippen molar-refractivity contribution in [3.8, 4) is 0 Å². The van der Waals surface area contributed by atoms with Crippen molar-refractivity contribution in [3.63, 3.8) is 0 Å². The van der Waals surface area contributed by atoms with E-state index in [9.17, 15) is 0 Å². The molecule has 1 aliphatic heterocycles. The SMILES string of the molecule is CCNCC(C)C(C)N1CCCCc2ccccc21. The highest BCUT2D eigenvalue weighted by Gasteiger charge is 2.23. The second kappa shape index (κ2) is 6.95. The minimum atomic E-state index is 0.596. The number of anilines is 1. The summed E-state index contributed by atoms with van der Waals surface area (Å²) in [6, 6.07) is 9.55. The van der Waals surface area contributed by atoms with Crippen LogP contribution in [-0.2, 0) is 6.42 Å². The van der Waals surface area contributed by atoms with Gasteiger partial charge in [0.05, 0.1) is 0 Å². The predicted octanol–water partition coefficient (Wildman–Crippen LogP) is 3.46. The Balaban J connectivity index is 2.14. The Bertz CT molecular complexity index is 389. The lowest BCUT2D eigenvalue weighted by Crippen LogP contribution is -2.42. The van der Waals surface area contributed by atoms with Gasteiger partial charge in [-0.1, -0.05) is 32.0 Å². The summed E-state index contributed by atoms with van der Waals surface area (Å²) in [5, 5.41) is 3.48. The van der Waals surface area contributed by atoms with Gasteiger partial charge in [-0.15, -0.1) is 0 Å². The Morgan fingerprint density at radius 2 is 2.00 bits per heavy atom. The fourth-order valence-corrected chi connectivity index (χ4v) is 2.99. The molecule has 2 nitrogen and oxygen atoms in total. The molecule has 1 heterocycles. The number of hydrogen-bond donors (Lipinski definition) is 1. The van der Waals surface area contributed by atoms with Crippen molar-refractivity contribution in [2.45, 2.75) is 46.1 Å². The highest BCUT2D eigenvalue weighted by Crippen LogP contribution is 2.29. The lowest BCUT2D eigenvalue weighted by atomic mass is 10.00. The minimum absolute atomic E-state index is 0.596. The number of para-hydroxylation sites is 1. The van der Waals surface area contributed by atoms with E-state index in [0.29, 0.717) is 12.0 Å². The standard InChI is InChI=1S/C17H28N2/c1-4-18-13-14(2)15(3)19-12-8-7-10-16-9-5-6-11-17(16)19/h5-6,9,11,14-15,18H,4,7-8,10,12-13H2,1-3H3. The van der Waals surface area contributed by atoms with Crippen LogP contribution in [0.2, 0.25) is 0 Å². The van der Waals surface area contributed by atoms with E-state index in [0.717, 1.165) is 13.1 Å². The Hall–Kier alpha value is -1.02. The first-order valence-corrected chi connectivity index (χ1v) is 7.79. The third-order valence-electron chi connectivity index (χ3n) is 4.43. The zero-order chi connectivity index (χ0) is 13.7. The first-order chi connectivity index (χ1) is 9.24. The van der Waals surface area contributed by atoms with Crippen LogP contribution in [-0.4, -0.2) is 25.7 Å². The molecule has 0 saturated carbocycles. The molecule has 0 fully saturated rings. The fraction of sp³-hybridized carbons (Fsp3) is 0.647. The average molecular weight is 260 g/mol. The first kappa shape index (κ1) is 14.4. The number of fused-ring (bicyclic) bond motifs is 1. The van der Waals surface area contributed by atoms with Gasteiger partial charge >= 0.3 is 0 Å². The lowest BCUT2D eigenvalue weighted by Gasteiger charge is -2.35. The van der Waals surface area contributed by atoms with Crippen LogP contribution in [0.5, 0.6) is 0 Å². The summed E-state index contributed by atoms with van der Waals surface area (Å²) in [5.74, 6) is 0.672. The smallest absolute Gasteiger partial charge is 0.0401 e. The molecule has 0 saturated heterocycles. The second-order valence-electron chi connectivity index (χ2n) is 5.80. The van der Waals surface area contributed by atoms with E-state index in [1.54, 1.807) is 0 Å². The molecule has 2 rings (SSSR count). The Morgan fingerprint density at radius 1 is 1.21 bits per heavy atom. The van der Waals surface area contributed by atoms with E-state index in [4.69, 9.17) is 0 Å². The molecule has 2 atom stereocenters. The van der Waals surface area contributed by atoms with Crippen molar-refractivity contribution in [2.75, 3.05) is 24.5 Å². The van der Waals surface area contributed by atoms with Gasteiger partial charge < -0.3 is 10.2 Å². The van der Waals surface area contributed by atoms with Crippen LogP contribution in [0.1, 0.15) is 39.2 Å². The summed E-state index contributed by atoms with van der Waals surface area (Å²) in [4.78, 5) is 2.63. The molecule has 1 N–H and O–H groups in total. The summed E-state index contributed by atoms with van der Waals surface area (Å²) in [6.07, 6.45) is 3.87. The largest absolute Gasteiger partial charge is 0.368 e. The van der Waals surface area contributed by atoms with E-state index < -0.39 is 0 Å². The summed E-state index contributed by atoms with van der Waals surface area (Å²) >= 11 is 0. The number of rotatable bonds is 5. The molecule has 2 heteroatoms. The first-order valence-electron chi connectivity index (χ1n) is 7.79. The van der Waals surface area contributed by atoms with Gasteiger partial charge in [-0.25, -0.2) is 0 Å². The van der Waals surface area contributed by atoms with Crippen molar-refractivity contribution in [1.82, 2.24) is 5.32 Å². The average Bonchev–Trinajstić information content (AvgIpc) is 2.66. The molecule has 0 amide bonds. The molecule has 1 aromatic rings. The molecule has 1 aliphatic rings. The van der Waals surface area contributed by atoms with Crippen LogP contribution in [0, 0.1) is 5.92 Å². The van der Waals surface area contributed by atoms with Crippen LogP contribution in [0.15, 0.2) is 24.3 Å². The van der Waals surface area contributed by atoms with Gasteiger partial charge in [0.15, 0.2) is 0 Å². The van der Waals surface area contributed by atoms with E-state index in [2.05, 4.69) is 55.3 Å². The summed E-state index contributed by atoms with van der Waals surface area (Å²) in [5.41, 5.74) is 3.00. The molecule has 1 aromatic carbocycles. The molecule has 0 radical (unpaired) electrons. The number of benzene rings is 1. The summed E-state index contributed by atoms with van der Waals surface area (Å²) < 4.78 is 0. The number of nitrogens with zero attached hydrogens (tertiary/aromatic N) is 1. The monoisotopic (exact) mass is 260 g/mol. The maximum absolute atomic E-state index is 3.48. The molecular weight excluding hydrogens is 232 g/mol. The van der Waals surface area contributed by atoms with Crippen molar-refractivity contribution in [2.24, 2.45) is 5.92 Å². The molecule has 0 spiro atoms. The Labute approximate surface area is 118 Å². The minimum Gasteiger partial charge on any atom is -0.368 e. The van der Waals surface area contributed by atoms with E-state index >= 15 is 0 Å². The van der Waals surface area contributed by atoms with Crippen LogP contribution >= 0.6 is 0 Å². The quantitative estimate of drug-likeness (QED) is 0.872. The maximum Gasteiger partial charge on any atom is 0.0401 e.